The van der Waals surface area contributed by atoms with E-state index in [0.29, 0.717) is 35.9 Å². The number of hydrogen-bond acceptors (Lipinski definition) is 3. The predicted molar refractivity (Wildman–Crippen MR) is 94.9 cm³/mol. The molecule has 8 heteroatoms. The molecule has 1 aromatic carbocycles. The van der Waals surface area contributed by atoms with Gasteiger partial charge in [-0.15, -0.1) is 12.4 Å². The lowest BCUT2D eigenvalue weighted by Gasteiger charge is -2.17. The Morgan fingerprint density at radius 2 is 2.13 bits per heavy atom. The molecule has 1 aliphatic rings. The van der Waals surface area contributed by atoms with Crippen LogP contribution < -0.4 is 20.9 Å². The fraction of sp³-hybridized carbons (Fsp3) is 0.467. The Morgan fingerprint density at radius 1 is 1.35 bits per heavy atom. The number of hydrogen-bond donors (Lipinski definition) is 3. The maximum Gasteiger partial charge on any atom is 0.322 e. The molecule has 23 heavy (non-hydrogen) atoms. The van der Waals surface area contributed by atoms with Crippen molar-refractivity contribution in [1.82, 2.24) is 16.0 Å². The molecule has 1 saturated heterocycles. The van der Waals surface area contributed by atoms with Gasteiger partial charge in [-0.3, -0.25) is 9.69 Å². The lowest BCUT2D eigenvalue weighted by molar-refractivity contribution is 0.0954. The highest BCUT2D eigenvalue weighted by molar-refractivity contribution is 6.34. The normalized spacial score (nSPS) is 13.5. The van der Waals surface area contributed by atoms with Crippen molar-refractivity contribution in [2.75, 3.05) is 37.6 Å². The van der Waals surface area contributed by atoms with Crippen LogP contribution in [0, 0.1) is 0 Å². The van der Waals surface area contributed by atoms with Gasteiger partial charge < -0.3 is 16.0 Å². The Balaban J connectivity index is 0.00000264. The average molecular weight is 361 g/mol. The molecule has 0 unspecified atom stereocenters. The summed E-state index contributed by atoms with van der Waals surface area (Å²) >= 11 is 6.14. The quantitative estimate of drug-likeness (QED) is 0.651. The summed E-state index contributed by atoms with van der Waals surface area (Å²) in [6, 6.07) is 4.77. The molecule has 128 valence electrons. The second kappa shape index (κ2) is 9.60. The summed E-state index contributed by atoms with van der Waals surface area (Å²) in [5, 5.41) is 9.23. The molecule has 0 atom stereocenters. The molecule has 1 aromatic rings. The zero-order valence-electron chi connectivity index (χ0n) is 13.0. The first kappa shape index (κ1) is 19.5. The van der Waals surface area contributed by atoms with Gasteiger partial charge in [0.25, 0.3) is 5.91 Å². The molecule has 3 amide bonds. The lowest BCUT2D eigenvalue weighted by Crippen LogP contribution is -2.32. The SMILES string of the molecule is CCCNCCNC(=O)c1ccc(Cl)c(N2CCNC2=O)c1.Cl. The van der Waals surface area contributed by atoms with E-state index >= 15 is 0 Å². The van der Waals surface area contributed by atoms with Crippen LogP contribution in [0.25, 0.3) is 0 Å². The van der Waals surface area contributed by atoms with Crippen LogP contribution in [0.4, 0.5) is 10.5 Å². The molecular weight excluding hydrogens is 339 g/mol. The summed E-state index contributed by atoms with van der Waals surface area (Å²) in [6.45, 7) is 5.44. The third kappa shape index (κ3) is 5.27. The molecule has 0 saturated carbocycles. The van der Waals surface area contributed by atoms with Crippen molar-refractivity contribution >= 4 is 41.6 Å². The number of amides is 3. The number of carbonyl (C=O) groups is 2. The number of nitrogens with zero attached hydrogens (tertiary/aromatic N) is 1. The second-order valence-electron chi connectivity index (χ2n) is 5.06. The molecule has 0 aliphatic carbocycles. The second-order valence-corrected chi connectivity index (χ2v) is 5.46. The van der Waals surface area contributed by atoms with Crippen LogP contribution in [0.3, 0.4) is 0 Å². The van der Waals surface area contributed by atoms with Crippen LogP contribution in [0.1, 0.15) is 23.7 Å². The Hall–Kier alpha value is -1.50. The fourth-order valence-electron chi connectivity index (χ4n) is 2.23. The number of benzene rings is 1. The highest BCUT2D eigenvalue weighted by atomic mass is 35.5. The van der Waals surface area contributed by atoms with E-state index in [1.807, 2.05) is 0 Å². The number of halogens is 2. The van der Waals surface area contributed by atoms with Gasteiger partial charge in [-0.2, -0.15) is 0 Å². The fourth-order valence-corrected chi connectivity index (χ4v) is 2.45. The van der Waals surface area contributed by atoms with E-state index in [1.54, 1.807) is 23.1 Å². The summed E-state index contributed by atoms with van der Waals surface area (Å²) in [5.41, 5.74) is 1.06. The summed E-state index contributed by atoms with van der Waals surface area (Å²) < 4.78 is 0. The highest BCUT2D eigenvalue weighted by Gasteiger charge is 2.24. The summed E-state index contributed by atoms with van der Waals surface area (Å²) in [4.78, 5) is 25.4. The van der Waals surface area contributed by atoms with E-state index in [-0.39, 0.29) is 24.3 Å². The molecule has 0 aromatic heterocycles. The van der Waals surface area contributed by atoms with Gasteiger partial charge in [0.05, 0.1) is 10.7 Å². The Labute approximate surface area is 147 Å². The summed E-state index contributed by atoms with van der Waals surface area (Å²) in [7, 11) is 0. The van der Waals surface area contributed by atoms with Gasteiger partial charge in [0.2, 0.25) is 0 Å². The minimum Gasteiger partial charge on any atom is -0.351 e. The molecule has 1 heterocycles. The van der Waals surface area contributed by atoms with Crippen LogP contribution in [0.5, 0.6) is 0 Å². The standard InChI is InChI=1S/C15H21ClN4O2.ClH/c1-2-5-17-6-7-18-14(21)11-3-4-12(16)13(10-11)20-9-8-19-15(20)22;/h3-4,10,17H,2,5-9H2,1H3,(H,18,21)(H,19,22);1H. The minimum atomic E-state index is -0.191. The Bertz CT molecular complexity index is 554. The van der Waals surface area contributed by atoms with Crippen LogP contribution >= 0.6 is 24.0 Å². The maximum atomic E-state index is 12.1. The van der Waals surface area contributed by atoms with Gasteiger partial charge in [-0.25, -0.2) is 4.79 Å². The Kier molecular flexibility index (Phi) is 8.16. The van der Waals surface area contributed by atoms with E-state index in [9.17, 15) is 9.59 Å². The monoisotopic (exact) mass is 360 g/mol. The van der Waals surface area contributed by atoms with Gasteiger partial charge in [0, 0.05) is 31.7 Å². The first-order chi connectivity index (χ1) is 10.6. The molecule has 0 spiro atoms. The third-order valence-electron chi connectivity index (χ3n) is 3.37. The first-order valence-electron chi connectivity index (χ1n) is 7.47. The van der Waals surface area contributed by atoms with Crippen molar-refractivity contribution in [2.45, 2.75) is 13.3 Å². The third-order valence-corrected chi connectivity index (χ3v) is 3.69. The molecule has 6 nitrogen and oxygen atoms in total. The van der Waals surface area contributed by atoms with E-state index in [0.717, 1.165) is 19.5 Å². The van der Waals surface area contributed by atoms with E-state index < -0.39 is 0 Å². The molecular formula is C15H22Cl2N4O2. The topological polar surface area (TPSA) is 73.5 Å². The van der Waals surface area contributed by atoms with Gasteiger partial charge >= 0.3 is 6.03 Å². The average Bonchev–Trinajstić information content (AvgIpc) is 2.93. The molecule has 2 rings (SSSR count). The number of nitrogens with one attached hydrogen (secondary N) is 3. The molecule has 3 N–H and O–H groups in total. The molecule has 0 radical (unpaired) electrons. The van der Waals surface area contributed by atoms with Gasteiger partial charge in [-0.05, 0) is 31.2 Å². The van der Waals surface area contributed by atoms with Crippen molar-refractivity contribution in [2.24, 2.45) is 0 Å². The van der Waals surface area contributed by atoms with Crippen molar-refractivity contribution in [3.05, 3.63) is 28.8 Å². The number of carbonyl (C=O) groups excluding carboxylic acids is 2. The van der Waals surface area contributed by atoms with E-state index in [1.165, 1.54) is 0 Å². The smallest absolute Gasteiger partial charge is 0.322 e. The largest absolute Gasteiger partial charge is 0.351 e. The minimum absolute atomic E-state index is 0. The van der Waals surface area contributed by atoms with Crippen molar-refractivity contribution < 1.29 is 9.59 Å². The first-order valence-corrected chi connectivity index (χ1v) is 7.85. The van der Waals surface area contributed by atoms with Crippen molar-refractivity contribution in [3.63, 3.8) is 0 Å². The van der Waals surface area contributed by atoms with Crippen LogP contribution in [-0.4, -0.2) is 44.7 Å². The molecule has 1 fully saturated rings. The van der Waals surface area contributed by atoms with Crippen molar-refractivity contribution in [1.29, 1.82) is 0 Å². The molecule has 1 aliphatic heterocycles. The van der Waals surface area contributed by atoms with Gasteiger partial charge in [0.1, 0.15) is 0 Å². The zero-order valence-corrected chi connectivity index (χ0v) is 14.6. The van der Waals surface area contributed by atoms with Crippen molar-refractivity contribution in [3.8, 4) is 0 Å². The van der Waals surface area contributed by atoms with Gasteiger partial charge in [-0.1, -0.05) is 18.5 Å². The zero-order chi connectivity index (χ0) is 15.9. The number of anilines is 1. The summed E-state index contributed by atoms with van der Waals surface area (Å²) in [5.74, 6) is -0.171. The highest BCUT2D eigenvalue weighted by Crippen LogP contribution is 2.28. The maximum absolute atomic E-state index is 12.1. The Morgan fingerprint density at radius 3 is 2.78 bits per heavy atom. The van der Waals surface area contributed by atoms with Crippen LogP contribution in [-0.2, 0) is 0 Å². The van der Waals surface area contributed by atoms with E-state index in [2.05, 4.69) is 22.9 Å². The van der Waals surface area contributed by atoms with Gasteiger partial charge in [0.15, 0.2) is 0 Å². The predicted octanol–water partition coefficient (Wildman–Crippen LogP) is 2.02. The summed E-state index contributed by atoms with van der Waals surface area (Å²) in [6.07, 6.45) is 1.06. The van der Waals surface area contributed by atoms with Crippen LogP contribution in [0.2, 0.25) is 5.02 Å². The van der Waals surface area contributed by atoms with E-state index in [4.69, 9.17) is 11.6 Å². The molecule has 0 bridgehead atoms. The van der Waals surface area contributed by atoms with Crippen LogP contribution in [0.15, 0.2) is 18.2 Å². The number of rotatable bonds is 7. The number of urea groups is 1. The lowest BCUT2D eigenvalue weighted by atomic mass is 10.1.